The summed E-state index contributed by atoms with van der Waals surface area (Å²) in [4.78, 5) is 0. The van der Waals surface area contributed by atoms with Crippen LogP contribution in [0.2, 0.25) is 0 Å². The SMILES string of the molecule is N#Cc1cccc(-n2c3ccccc3c3c(C#N)cccc32)c1-c1ccc(-n2c3ccccc3c3c(-n4c5ccccc5c5ccccc54)cccc32)cc1. The molecule has 8 aromatic carbocycles. The molecule has 55 heavy (non-hydrogen) atoms. The molecule has 3 aromatic heterocycles. The molecule has 0 saturated heterocycles. The second-order valence-electron chi connectivity index (χ2n) is 13.9. The number of nitrogens with zero attached hydrogens (tertiary/aromatic N) is 5. The maximum atomic E-state index is 10.5. The lowest BCUT2D eigenvalue weighted by Gasteiger charge is -2.16. The molecule has 0 spiro atoms. The van der Waals surface area contributed by atoms with E-state index in [2.05, 4.69) is 165 Å². The molecule has 3 heterocycles. The van der Waals surface area contributed by atoms with Gasteiger partial charge in [-0.15, -0.1) is 0 Å². The van der Waals surface area contributed by atoms with E-state index >= 15 is 0 Å². The molecule has 0 atom stereocenters. The van der Waals surface area contributed by atoms with Gasteiger partial charge >= 0.3 is 0 Å². The largest absolute Gasteiger partial charge is 0.309 e. The first-order valence-electron chi connectivity index (χ1n) is 18.3. The zero-order chi connectivity index (χ0) is 36.6. The Morgan fingerprint density at radius 1 is 0.327 bits per heavy atom. The Morgan fingerprint density at radius 3 is 1.40 bits per heavy atom. The predicted octanol–water partition coefficient (Wildman–Crippen LogP) is 12.4. The number of fused-ring (bicyclic) bond motifs is 9. The van der Waals surface area contributed by atoms with E-state index in [0.29, 0.717) is 11.1 Å². The molecule has 0 bridgehead atoms. The van der Waals surface area contributed by atoms with Crippen molar-refractivity contribution in [3.05, 3.63) is 187 Å². The smallest absolute Gasteiger partial charge is 0.0998 e. The van der Waals surface area contributed by atoms with Crippen LogP contribution in [0.1, 0.15) is 11.1 Å². The van der Waals surface area contributed by atoms with Gasteiger partial charge in [0.05, 0.1) is 67.7 Å². The highest BCUT2D eigenvalue weighted by molar-refractivity contribution is 6.17. The van der Waals surface area contributed by atoms with E-state index in [0.717, 1.165) is 61.0 Å². The Kier molecular flexibility index (Phi) is 6.61. The average Bonchev–Trinajstić information content (AvgIpc) is 3.89. The topological polar surface area (TPSA) is 62.4 Å². The molecule has 0 aliphatic heterocycles. The zero-order valence-electron chi connectivity index (χ0n) is 29.5. The standard InChI is InChI=1S/C50H29N5/c51-30-33-12-9-22-44(55-43-21-8-3-16-38(43)49-34(31-52)13-10-23-45(49)55)48(33)32-26-28-35(29-27-32)53-42-20-7-4-17-39(42)50-46(53)24-11-25-47(50)54-40-18-5-1-14-36(40)37-15-2-6-19-41(37)54/h1-29H. The molecule has 11 aromatic rings. The lowest BCUT2D eigenvalue weighted by molar-refractivity contribution is 1.16. The highest BCUT2D eigenvalue weighted by Gasteiger charge is 2.22. The van der Waals surface area contributed by atoms with Crippen molar-refractivity contribution >= 4 is 65.4 Å². The highest BCUT2D eigenvalue weighted by Crippen LogP contribution is 2.42. The second-order valence-corrected chi connectivity index (χ2v) is 13.9. The number of nitriles is 2. The van der Waals surface area contributed by atoms with Gasteiger partial charge in [0.25, 0.3) is 0 Å². The molecule has 0 amide bonds. The molecule has 0 aliphatic carbocycles. The van der Waals surface area contributed by atoms with Crippen molar-refractivity contribution in [3.8, 4) is 40.3 Å². The van der Waals surface area contributed by atoms with Crippen molar-refractivity contribution < 1.29 is 0 Å². The first-order valence-corrected chi connectivity index (χ1v) is 18.3. The third-order valence-corrected chi connectivity index (χ3v) is 11.1. The summed E-state index contributed by atoms with van der Waals surface area (Å²) in [5.74, 6) is 0. The Morgan fingerprint density at radius 2 is 0.764 bits per heavy atom. The third-order valence-electron chi connectivity index (χ3n) is 11.1. The van der Waals surface area contributed by atoms with Crippen LogP contribution in [0.15, 0.2) is 176 Å². The summed E-state index contributed by atoms with van der Waals surface area (Å²) in [6, 6.07) is 65.9. The Balaban J connectivity index is 1.13. The van der Waals surface area contributed by atoms with Crippen molar-refractivity contribution in [2.75, 3.05) is 0 Å². The summed E-state index contributed by atoms with van der Waals surface area (Å²) in [6.07, 6.45) is 0. The monoisotopic (exact) mass is 699 g/mol. The molecule has 254 valence electrons. The molecule has 0 saturated carbocycles. The van der Waals surface area contributed by atoms with Crippen molar-refractivity contribution in [2.24, 2.45) is 0 Å². The molecule has 0 aliphatic rings. The first-order chi connectivity index (χ1) is 27.2. The number of hydrogen-bond donors (Lipinski definition) is 0. The van der Waals surface area contributed by atoms with E-state index in [4.69, 9.17) is 0 Å². The van der Waals surface area contributed by atoms with Gasteiger partial charge < -0.3 is 13.7 Å². The number of para-hydroxylation sites is 4. The summed E-state index contributed by atoms with van der Waals surface area (Å²) in [5.41, 5.74) is 12.6. The van der Waals surface area contributed by atoms with Gasteiger partial charge in [0.1, 0.15) is 0 Å². The fourth-order valence-corrected chi connectivity index (χ4v) is 8.92. The summed E-state index contributed by atoms with van der Waals surface area (Å²) < 4.78 is 6.94. The molecule has 5 heteroatoms. The van der Waals surface area contributed by atoms with E-state index in [1.54, 1.807) is 0 Å². The van der Waals surface area contributed by atoms with Crippen molar-refractivity contribution in [1.82, 2.24) is 13.7 Å². The van der Waals surface area contributed by atoms with Gasteiger partial charge in [-0.05, 0) is 78.4 Å². The number of aromatic nitrogens is 3. The van der Waals surface area contributed by atoms with Gasteiger partial charge in [-0.1, -0.05) is 103 Å². The van der Waals surface area contributed by atoms with E-state index in [1.807, 2.05) is 36.4 Å². The fraction of sp³-hybridized carbons (Fsp3) is 0. The van der Waals surface area contributed by atoms with Crippen LogP contribution in [0.5, 0.6) is 0 Å². The predicted molar refractivity (Wildman–Crippen MR) is 224 cm³/mol. The van der Waals surface area contributed by atoms with Crippen LogP contribution in [-0.4, -0.2) is 13.7 Å². The minimum atomic E-state index is 0.584. The van der Waals surface area contributed by atoms with E-state index in [1.165, 1.54) is 32.6 Å². The molecular formula is C50H29N5. The van der Waals surface area contributed by atoms with Gasteiger partial charge in [-0.25, -0.2) is 0 Å². The van der Waals surface area contributed by atoms with Gasteiger partial charge in [0, 0.05) is 43.6 Å². The Hall–Kier alpha value is -7.86. The lowest BCUT2D eigenvalue weighted by atomic mass is 9.97. The molecule has 0 radical (unpaired) electrons. The van der Waals surface area contributed by atoms with Crippen LogP contribution in [0.25, 0.3) is 93.6 Å². The second kappa shape index (κ2) is 11.8. The third kappa shape index (κ3) is 4.33. The average molecular weight is 700 g/mol. The minimum absolute atomic E-state index is 0.584. The number of hydrogen-bond acceptors (Lipinski definition) is 2. The van der Waals surface area contributed by atoms with E-state index in [-0.39, 0.29) is 0 Å². The Bertz CT molecular complexity index is 3400. The van der Waals surface area contributed by atoms with Gasteiger partial charge in [-0.2, -0.15) is 10.5 Å². The maximum absolute atomic E-state index is 10.5. The van der Waals surface area contributed by atoms with Crippen molar-refractivity contribution in [1.29, 1.82) is 10.5 Å². The quantitative estimate of drug-likeness (QED) is 0.184. The molecule has 0 N–H and O–H groups in total. The minimum Gasteiger partial charge on any atom is -0.309 e. The lowest BCUT2D eigenvalue weighted by Crippen LogP contribution is -2.00. The number of rotatable bonds is 4. The molecule has 11 rings (SSSR count). The normalized spacial score (nSPS) is 11.6. The van der Waals surface area contributed by atoms with E-state index in [9.17, 15) is 10.5 Å². The first kappa shape index (κ1) is 30.7. The van der Waals surface area contributed by atoms with Crippen LogP contribution in [0.3, 0.4) is 0 Å². The van der Waals surface area contributed by atoms with Gasteiger partial charge in [0.15, 0.2) is 0 Å². The van der Waals surface area contributed by atoms with Crippen LogP contribution in [0.4, 0.5) is 0 Å². The molecule has 0 fully saturated rings. The maximum Gasteiger partial charge on any atom is 0.0998 e. The zero-order valence-corrected chi connectivity index (χ0v) is 29.5. The summed E-state index contributed by atoms with van der Waals surface area (Å²) in [5, 5.41) is 27.3. The highest BCUT2D eigenvalue weighted by atomic mass is 15.0. The van der Waals surface area contributed by atoms with Gasteiger partial charge in [0.2, 0.25) is 0 Å². The van der Waals surface area contributed by atoms with Crippen LogP contribution < -0.4 is 0 Å². The van der Waals surface area contributed by atoms with E-state index < -0.39 is 0 Å². The molecule has 5 nitrogen and oxygen atoms in total. The molecular weight excluding hydrogens is 671 g/mol. The number of benzene rings is 8. The van der Waals surface area contributed by atoms with Gasteiger partial charge in [-0.3, -0.25) is 0 Å². The van der Waals surface area contributed by atoms with Crippen molar-refractivity contribution in [3.63, 3.8) is 0 Å². The van der Waals surface area contributed by atoms with Crippen LogP contribution in [-0.2, 0) is 0 Å². The Labute approximate surface area is 316 Å². The van der Waals surface area contributed by atoms with Crippen LogP contribution >= 0.6 is 0 Å². The summed E-state index contributed by atoms with van der Waals surface area (Å²) in [7, 11) is 0. The van der Waals surface area contributed by atoms with Crippen molar-refractivity contribution in [2.45, 2.75) is 0 Å². The summed E-state index contributed by atoms with van der Waals surface area (Å²) in [6.45, 7) is 0. The fourth-order valence-electron chi connectivity index (χ4n) is 8.92. The summed E-state index contributed by atoms with van der Waals surface area (Å²) >= 11 is 0. The molecule has 0 unspecified atom stereocenters. The van der Waals surface area contributed by atoms with Crippen LogP contribution in [0, 0.1) is 22.7 Å².